The number of amides is 1. The molecule has 2 aromatic rings. The molecule has 7 heteroatoms. The fourth-order valence-corrected chi connectivity index (χ4v) is 2.87. The van der Waals surface area contributed by atoms with E-state index < -0.39 is 11.9 Å². The highest BCUT2D eigenvalue weighted by atomic mass is 35.5. The van der Waals surface area contributed by atoms with Crippen molar-refractivity contribution in [3.63, 3.8) is 0 Å². The predicted molar refractivity (Wildman–Crippen MR) is 91.9 cm³/mol. The molecule has 0 aromatic heterocycles. The van der Waals surface area contributed by atoms with Gasteiger partial charge in [-0.2, -0.15) is 0 Å². The summed E-state index contributed by atoms with van der Waals surface area (Å²) in [6.07, 6.45) is 0. The van der Waals surface area contributed by atoms with Gasteiger partial charge in [0, 0.05) is 4.90 Å². The molecule has 0 atom stereocenters. The van der Waals surface area contributed by atoms with Crippen LogP contribution in [0.25, 0.3) is 0 Å². The Bertz CT molecular complexity index is 737. The molecule has 1 amide bonds. The van der Waals surface area contributed by atoms with Crippen molar-refractivity contribution in [2.24, 2.45) is 5.73 Å². The minimum atomic E-state index is -0.483. The number of esters is 1. The monoisotopic (exact) mass is 369 g/mol. The number of carbonyl (C=O) groups excluding carboxylic acids is 2. The first-order valence-corrected chi connectivity index (χ1v) is 8.32. The van der Waals surface area contributed by atoms with E-state index in [2.05, 4.69) is 0 Å². The van der Waals surface area contributed by atoms with Crippen LogP contribution in [0.5, 0.6) is 0 Å². The molecule has 0 heterocycles. The second-order valence-electron chi connectivity index (χ2n) is 4.58. The van der Waals surface area contributed by atoms with Crippen LogP contribution in [0, 0.1) is 0 Å². The molecule has 0 spiro atoms. The molecule has 0 saturated carbocycles. The number of rotatable bonds is 6. The largest absolute Gasteiger partial charge is 0.457 e. The standard InChI is InChI=1S/C16H13Cl2NO3S/c17-12-6-5-10(7-13(12)18)8-22-16(21)11-3-1-2-4-14(11)23-9-15(19)20/h1-7H,8-9H2,(H2,19,20). The molecule has 2 rings (SSSR count). The highest BCUT2D eigenvalue weighted by molar-refractivity contribution is 8.00. The van der Waals surface area contributed by atoms with Crippen molar-refractivity contribution in [1.82, 2.24) is 0 Å². The molecular formula is C16H13Cl2NO3S. The van der Waals surface area contributed by atoms with Crippen molar-refractivity contribution >= 4 is 46.8 Å². The van der Waals surface area contributed by atoms with Crippen molar-refractivity contribution < 1.29 is 14.3 Å². The van der Waals surface area contributed by atoms with E-state index in [0.29, 0.717) is 20.5 Å². The van der Waals surface area contributed by atoms with Gasteiger partial charge in [-0.3, -0.25) is 4.79 Å². The van der Waals surface area contributed by atoms with Crippen LogP contribution in [0.3, 0.4) is 0 Å². The highest BCUT2D eigenvalue weighted by Crippen LogP contribution is 2.25. The van der Waals surface area contributed by atoms with Crippen LogP contribution in [0.4, 0.5) is 0 Å². The van der Waals surface area contributed by atoms with Crippen molar-refractivity contribution in [2.45, 2.75) is 11.5 Å². The number of ether oxygens (including phenoxy) is 1. The summed E-state index contributed by atoms with van der Waals surface area (Å²) in [6.45, 7) is 0.0740. The highest BCUT2D eigenvalue weighted by Gasteiger charge is 2.14. The van der Waals surface area contributed by atoms with Crippen LogP contribution in [-0.4, -0.2) is 17.6 Å². The molecule has 0 radical (unpaired) electrons. The molecule has 120 valence electrons. The molecule has 23 heavy (non-hydrogen) atoms. The number of halogens is 2. The Morgan fingerprint density at radius 2 is 1.83 bits per heavy atom. The van der Waals surface area contributed by atoms with Crippen molar-refractivity contribution in [3.8, 4) is 0 Å². The summed E-state index contributed by atoms with van der Waals surface area (Å²) in [5, 5.41) is 0.840. The normalized spacial score (nSPS) is 10.3. The number of carbonyl (C=O) groups is 2. The van der Waals surface area contributed by atoms with Gasteiger partial charge in [0.15, 0.2) is 0 Å². The number of hydrogen-bond donors (Lipinski definition) is 1. The van der Waals surface area contributed by atoms with Crippen LogP contribution in [0.2, 0.25) is 10.0 Å². The van der Waals surface area contributed by atoms with Gasteiger partial charge in [-0.25, -0.2) is 4.79 Å². The summed E-state index contributed by atoms with van der Waals surface area (Å²) >= 11 is 13.0. The molecule has 0 unspecified atom stereocenters. The number of nitrogens with two attached hydrogens (primary N) is 1. The number of benzene rings is 2. The Kier molecular flexibility index (Phi) is 6.33. The van der Waals surface area contributed by atoms with Crippen LogP contribution in [0.1, 0.15) is 15.9 Å². The maximum Gasteiger partial charge on any atom is 0.339 e. The van der Waals surface area contributed by atoms with Crippen molar-refractivity contribution in [1.29, 1.82) is 0 Å². The van der Waals surface area contributed by atoms with Gasteiger partial charge in [0.2, 0.25) is 5.91 Å². The zero-order valence-corrected chi connectivity index (χ0v) is 14.3. The lowest BCUT2D eigenvalue weighted by molar-refractivity contribution is -0.115. The molecule has 0 aliphatic rings. The summed E-state index contributed by atoms with van der Waals surface area (Å²) in [4.78, 5) is 23.8. The molecule has 0 bridgehead atoms. The van der Waals surface area contributed by atoms with E-state index in [9.17, 15) is 9.59 Å². The lowest BCUT2D eigenvalue weighted by atomic mass is 10.2. The van der Waals surface area contributed by atoms with Crippen LogP contribution in [0.15, 0.2) is 47.4 Å². The lowest BCUT2D eigenvalue weighted by Crippen LogP contribution is -2.13. The zero-order valence-electron chi connectivity index (χ0n) is 11.9. The third-order valence-corrected chi connectivity index (χ3v) is 4.67. The Morgan fingerprint density at radius 1 is 1.09 bits per heavy atom. The molecule has 2 aromatic carbocycles. The molecule has 0 aliphatic heterocycles. The van der Waals surface area contributed by atoms with Gasteiger partial charge in [0.05, 0.1) is 21.4 Å². The number of thioether (sulfide) groups is 1. The topological polar surface area (TPSA) is 69.4 Å². The fourth-order valence-electron chi connectivity index (χ4n) is 1.77. The second-order valence-corrected chi connectivity index (χ2v) is 6.41. The van der Waals surface area contributed by atoms with Crippen molar-refractivity contribution in [3.05, 3.63) is 63.6 Å². The summed E-state index contributed by atoms with van der Waals surface area (Å²) in [7, 11) is 0. The minimum absolute atomic E-state index is 0.0740. The van der Waals surface area contributed by atoms with Gasteiger partial charge in [0.25, 0.3) is 0 Å². The smallest absolute Gasteiger partial charge is 0.339 e. The van der Waals surface area contributed by atoms with Gasteiger partial charge >= 0.3 is 5.97 Å². The molecule has 4 nitrogen and oxygen atoms in total. The number of hydrogen-bond acceptors (Lipinski definition) is 4. The lowest BCUT2D eigenvalue weighted by Gasteiger charge is -2.09. The van der Waals surface area contributed by atoms with Crippen LogP contribution in [-0.2, 0) is 16.1 Å². The average Bonchev–Trinajstić information content (AvgIpc) is 2.54. The third kappa shape index (κ3) is 5.16. The average molecular weight is 370 g/mol. The first kappa shape index (κ1) is 17.7. The van der Waals surface area contributed by atoms with E-state index in [1.54, 1.807) is 42.5 Å². The van der Waals surface area contributed by atoms with Gasteiger partial charge in [-0.05, 0) is 29.8 Å². The van der Waals surface area contributed by atoms with Gasteiger partial charge in [0.1, 0.15) is 6.61 Å². The van der Waals surface area contributed by atoms with Crippen LogP contribution >= 0.6 is 35.0 Å². The maximum atomic E-state index is 12.2. The van der Waals surface area contributed by atoms with E-state index in [1.807, 2.05) is 0 Å². The first-order valence-electron chi connectivity index (χ1n) is 6.58. The maximum absolute atomic E-state index is 12.2. The molecular weight excluding hydrogens is 357 g/mol. The molecule has 2 N–H and O–H groups in total. The predicted octanol–water partition coefficient (Wildman–Crippen LogP) is 3.93. The Hall–Kier alpha value is -1.69. The van der Waals surface area contributed by atoms with Gasteiger partial charge in [-0.1, -0.05) is 41.4 Å². The fraction of sp³-hybridized carbons (Fsp3) is 0.125. The van der Waals surface area contributed by atoms with E-state index >= 15 is 0 Å². The van der Waals surface area contributed by atoms with E-state index in [-0.39, 0.29) is 12.4 Å². The Labute approximate surface area is 147 Å². The van der Waals surface area contributed by atoms with E-state index in [4.69, 9.17) is 33.7 Å². The molecule has 0 fully saturated rings. The quantitative estimate of drug-likeness (QED) is 0.618. The number of primary amides is 1. The van der Waals surface area contributed by atoms with Gasteiger partial charge < -0.3 is 10.5 Å². The summed E-state index contributed by atoms with van der Waals surface area (Å²) in [6, 6.07) is 11.9. The third-order valence-electron chi connectivity index (χ3n) is 2.83. The van der Waals surface area contributed by atoms with Gasteiger partial charge in [-0.15, -0.1) is 11.8 Å². The molecule has 0 aliphatic carbocycles. The summed E-state index contributed by atoms with van der Waals surface area (Å²) in [5.74, 6) is -0.838. The Morgan fingerprint density at radius 3 is 2.52 bits per heavy atom. The van der Waals surface area contributed by atoms with E-state index in [0.717, 1.165) is 5.56 Å². The summed E-state index contributed by atoms with van der Waals surface area (Å²) < 4.78 is 5.29. The SMILES string of the molecule is NC(=O)CSc1ccccc1C(=O)OCc1ccc(Cl)c(Cl)c1. The molecule has 0 saturated heterocycles. The van der Waals surface area contributed by atoms with Crippen molar-refractivity contribution in [2.75, 3.05) is 5.75 Å². The summed E-state index contributed by atoms with van der Waals surface area (Å²) in [5.41, 5.74) is 6.25. The first-order chi connectivity index (χ1) is 11.0. The Balaban J connectivity index is 2.05. The zero-order chi connectivity index (χ0) is 16.8. The second kappa shape index (κ2) is 8.24. The van der Waals surface area contributed by atoms with Crippen LogP contribution < -0.4 is 5.73 Å². The van der Waals surface area contributed by atoms with E-state index in [1.165, 1.54) is 11.8 Å². The minimum Gasteiger partial charge on any atom is -0.457 e.